The molecule has 2 aromatic carbocycles. The molecule has 2 N–H and O–H groups in total. The summed E-state index contributed by atoms with van der Waals surface area (Å²) in [4.78, 5) is 16.5. The number of nitrogens with one attached hydrogen (secondary N) is 2. The highest BCUT2D eigenvalue weighted by Gasteiger charge is 2.08. The van der Waals surface area contributed by atoms with Crippen LogP contribution in [-0.2, 0) is 19.6 Å². The molecule has 2 heterocycles. The van der Waals surface area contributed by atoms with Crippen LogP contribution in [0.5, 0.6) is 0 Å². The number of amides is 2. The molecule has 0 aliphatic rings. The van der Waals surface area contributed by atoms with Crippen molar-refractivity contribution >= 4 is 22.6 Å². The highest BCUT2D eigenvalue weighted by atomic mass is 16.2. The third kappa shape index (κ3) is 4.71. The van der Waals surface area contributed by atoms with Crippen LogP contribution < -0.4 is 10.6 Å². The SMILES string of the molecule is CC(C)Cn1ccc2cc(NC(=O)NCc3ccccc3Cn3ccnc3)ccc21. The minimum Gasteiger partial charge on any atom is -0.347 e. The van der Waals surface area contributed by atoms with E-state index in [0.29, 0.717) is 12.5 Å². The first-order valence-electron chi connectivity index (χ1n) is 10.2. The molecule has 0 aliphatic carbocycles. The zero-order valence-corrected chi connectivity index (χ0v) is 17.4. The normalized spacial score (nSPS) is 11.2. The molecule has 6 nitrogen and oxygen atoms in total. The standard InChI is InChI=1S/C24H27N5O/c1-18(2)15-29-11-9-19-13-22(7-8-23(19)29)27-24(30)26-14-20-5-3-4-6-21(20)16-28-12-10-25-17-28/h3-13,17-18H,14-16H2,1-2H3,(H2,26,27,30). The lowest BCUT2D eigenvalue weighted by Gasteiger charge is -2.12. The molecule has 4 aromatic rings. The summed E-state index contributed by atoms with van der Waals surface area (Å²) in [6.45, 7) is 6.59. The fraction of sp³-hybridized carbons (Fsp3) is 0.250. The molecule has 30 heavy (non-hydrogen) atoms. The van der Waals surface area contributed by atoms with Crippen LogP contribution in [0.25, 0.3) is 10.9 Å². The van der Waals surface area contributed by atoms with E-state index in [1.807, 2.05) is 41.1 Å². The summed E-state index contributed by atoms with van der Waals surface area (Å²) in [6.07, 6.45) is 7.59. The summed E-state index contributed by atoms with van der Waals surface area (Å²) in [5.74, 6) is 0.584. The third-order valence-corrected chi connectivity index (χ3v) is 5.06. The Kier molecular flexibility index (Phi) is 5.84. The summed E-state index contributed by atoms with van der Waals surface area (Å²) >= 11 is 0. The molecule has 4 rings (SSSR count). The number of nitrogens with zero attached hydrogens (tertiary/aromatic N) is 3. The average Bonchev–Trinajstić information content (AvgIpc) is 3.37. The largest absolute Gasteiger partial charge is 0.347 e. The van der Waals surface area contributed by atoms with Gasteiger partial charge in [-0.3, -0.25) is 0 Å². The van der Waals surface area contributed by atoms with E-state index in [4.69, 9.17) is 0 Å². The van der Waals surface area contributed by atoms with Gasteiger partial charge in [0, 0.05) is 54.8 Å². The fourth-order valence-electron chi connectivity index (χ4n) is 3.64. The first-order chi connectivity index (χ1) is 14.6. The molecule has 0 aliphatic heterocycles. The molecule has 6 heteroatoms. The quantitative estimate of drug-likeness (QED) is 0.464. The number of carbonyl (C=O) groups excluding carboxylic acids is 1. The van der Waals surface area contributed by atoms with Crippen molar-refractivity contribution in [3.05, 3.63) is 84.6 Å². The molecular formula is C24H27N5O. The summed E-state index contributed by atoms with van der Waals surface area (Å²) in [7, 11) is 0. The number of rotatable bonds is 7. The van der Waals surface area contributed by atoms with Crippen LogP contribution in [0.2, 0.25) is 0 Å². The average molecular weight is 402 g/mol. The van der Waals surface area contributed by atoms with Crippen LogP contribution in [0.3, 0.4) is 0 Å². The van der Waals surface area contributed by atoms with Crippen molar-refractivity contribution in [3.63, 3.8) is 0 Å². The lowest BCUT2D eigenvalue weighted by molar-refractivity contribution is 0.251. The number of hydrogen-bond donors (Lipinski definition) is 2. The smallest absolute Gasteiger partial charge is 0.319 e. The van der Waals surface area contributed by atoms with E-state index >= 15 is 0 Å². The van der Waals surface area contributed by atoms with Gasteiger partial charge in [-0.05, 0) is 41.3 Å². The van der Waals surface area contributed by atoms with Gasteiger partial charge in [-0.25, -0.2) is 9.78 Å². The molecule has 154 valence electrons. The topological polar surface area (TPSA) is 63.9 Å². The minimum atomic E-state index is -0.214. The Morgan fingerprint density at radius 3 is 2.67 bits per heavy atom. The summed E-state index contributed by atoms with van der Waals surface area (Å²) in [5.41, 5.74) is 4.21. The van der Waals surface area contributed by atoms with Gasteiger partial charge in [0.2, 0.25) is 0 Å². The first kappa shape index (κ1) is 19.8. The minimum absolute atomic E-state index is 0.214. The molecule has 0 saturated heterocycles. The van der Waals surface area contributed by atoms with E-state index in [1.54, 1.807) is 12.5 Å². The van der Waals surface area contributed by atoms with Crippen LogP contribution in [0, 0.1) is 5.92 Å². The molecule has 0 spiro atoms. The van der Waals surface area contributed by atoms with Gasteiger partial charge >= 0.3 is 6.03 Å². The number of fused-ring (bicyclic) bond motifs is 1. The number of anilines is 1. The van der Waals surface area contributed by atoms with Crippen molar-refractivity contribution in [3.8, 4) is 0 Å². The zero-order chi connectivity index (χ0) is 20.9. The maximum Gasteiger partial charge on any atom is 0.319 e. The number of benzene rings is 2. The molecule has 0 saturated carbocycles. The van der Waals surface area contributed by atoms with Crippen LogP contribution in [0.15, 0.2) is 73.4 Å². The molecule has 0 bridgehead atoms. The van der Waals surface area contributed by atoms with E-state index in [1.165, 1.54) is 5.52 Å². The predicted octanol–water partition coefficient (Wildman–Crippen LogP) is 4.86. The van der Waals surface area contributed by atoms with E-state index < -0.39 is 0 Å². The molecule has 0 fully saturated rings. The van der Waals surface area contributed by atoms with Gasteiger partial charge in [0.05, 0.1) is 6.33 Å². The van der Waals surface area contributed by atoms with E-state index in [2.05, 4.69) is 58.4 Å². The second kappa shape index (κ2) is 8.86. The van der Waals surface area contributed by atoms with Crippen molar-refractivity contribution in [1.82, 2.24) is 19.4 Å². The van der Waals surface area contributed by atoms with Gasteiger partial charge in [-0.2, -0.15) is 0 Å². The van der Waals surface area contributed by atoms with Crippen LogP contribution in [0.1, 0.15) is 25.0 Å². The Morgan fingerprint density at radius 1 is 1.07 bits per heavy atom. The summed E-state index contributed by atoms with van der Waals surface area (Å²) < 4.78 is 4.26. The van der Waals surface area contributed by atoms with Crippen LogP contribution in [-0.4, -0.2) is 20.1 Å². The Morgan fingerprint density at radius 2 is 1.90 bits per heavy atom. The fourth-order valence-corrected chi connectivity index (χ4v) is 3.64. The third-order valence-electron chi connectivity index (χ3n) is 5.06. The molecule has 0 atom stereocenters. The van der Waals surface area contributed by atoms with E-state index in [-0.39, 0.29) is 6.03 Å². The number of hydrogen-bond acceptors (Lipinski definition) is 2. The highest BCUT2D eigenvalue weighted by molar-refractivity contribution is 5.92. The van der Waals surface area contributed by atoms with Gasteiger partial charge in [0.15, 0.2) is 0 Å². The lowest BCUT2D eigenvalue weighted by atomic mass is 10.1. The zero-order valence-electron chi connectivity index (χ0n) is 17.4. The Labute approximate surface area is 176 Å². The predicted molar refractivity (Wildman–Crippen MR) is 120 cm³/mol. The van der Waals surface area contributed by atoms with Crippen LogP contribution >= 0.6 is 0 Å². The van der Waals surface area contributed by atoms with Gasteiger partial charge in [0.25, 0.3) is 0 Å². The lowest BCUT2D eigenvalue weighted by Crippen LogP contribution is -2.28. The van der Waals surface area contributed by atoms with Crippen molar-refractivity contribution in [2.24, 2.45) is 5.92 Å². The number of carbonyl (C=O) groups is 1. The monoisotopic (exact) mass is 401 g/mol. The Hall–Kier alpha value is -3.54. The molecular weight excluding hydrogens is 374 g/mol. The summed E-state index contributed by atoms with van der Waals surface area (Å²) in [6, 6.07) is 16.0. The van der Waals surface area contributed by atoms with Gasteiger partial charge in [-0.15, -0.1) is 0 Å². The number of urea groups is 1. The number of aromatic nitrogens is 3. The van der Waals surface area contributed by atoms with Crippen LogP contribution in [0.4, 0.5) is 10.5 Å². The van der Waals surface area contributed by atoms with Crippen molar-refractivity contribution < 1.29 is 4.79 Å². The first-order valence-corrected chi connectivity index (χ1v) is 10.2. The second-order valence-electron chi connectivity index (χ2n) is 7.95. The maximum absolute atomic E-state index is 12.5. The molecule has 2 amide bonds. The molecule has 0 unspecified atom stereocenters. The summed E-state index contributed by atoms with van der Waals surface area (Å²) in [5, 5.41) is 7.04. The van der Waals surface area contributed by atoms with E-state index in [0.717, 1.165) is 35.3 Å². The molecule has 0 radical (unpaired) electrons. The van der Waals surface area contributed by atoms with Crippen molar-refractivity contribution in [2.75, 3.05) is 5.32 Å². The Balaban J connectivity index is 1.38. The molecule has 2 aromatic heterocycles. The number of imidazole rings is 1. The van der Waals surface area contributed by atoms with Gasteiger partial charge in [-0.1, -0.05) is 38.1 Å². The Bertz CT molecular complexity index is 1130. The second-order valence-corrected chi connectivity index (χ2v) is 7.95. The van der Waals surface area contributed by atoms with Crippen molar-refractivity contribution in [1.29, 1.82) is 0 Å². The maximum atomic E-state index is 12.5. The van der Waals surface area contributed by atoms with Crippen molar-refractivity contribution in [2.45, 2.75) is 33.5 Å². The van der Waals surface area contributed by atoms with Gasteiger partial charge in [0.1, 0.15) is 0 Å². The van der Waals surface area contributed by atoms with E-state index in [9.17, 15) is 4.79 Å². The van der Waals surface area contributed by atoms with Gasteiger partial charge < -0.3 is 19.8 Å². The highest BCUT2D eigenvalue weighted by Crippen LogP contribution is 2.21.